The first-order chi connectivity index (χ1) is 11.6. The molecule has 0 aliphatic carbocycles. The number of carbonyl (C=O) groups is 2. The summed E-state index contributed by atoms with van der Waals surface area (Å²) in [6, 6.07) is 11.2. The highest BCUT2D eigenvalue weighted by Gasteiger charge is 2.12. The van der Waals surface area contributed by atoms with Gasteiger partial charge in [0.1, 0.15) is 0 Å². The summed E-state index contributed by atoms with van der Waals surface area (Å²) in [5.74, 6) is -0.419. The van der Waals surface area contributed by atoms with Crippen LogP contribution in [0.15, 0.2) is 54.9 Å². The van der Waals surface area contributed by atoms with Gasteiger partial charge in [-0.05, 0) is 42.3 Å². The number of rotatable bonds is 6. The van der Waals surface area contributed by atoms with Gasteiger partial charge in [-0.15, -0.1) is 0 Å². The molecule has 0 saturated heterocycles. The molecule has 0 fully saturated rings. The molecule has 0 spiro atoms. The van der Waals surface area contributed by atoms with Crippen molar-refractivity contribution in [3.8, 4) is 0 Å². The first-order valence-corrected chi connectivity index (χ1v) is 7.72. The summed E-state index contributed by atoms with van der Waals surface area (Å²) >= 11 is 0. The van der Waals surface area contributed by atoms with E-state index in [1.54, 1.807) is 30.3 Å². The summed E-state index contributed by atoms with van der Waals surface area (Å²) in [5.41, 5.74) is 2.61. The maximum atomic E-state index is 12.0. The van der Waals surface area contributed by atoms with E-state index in [2.05, 4.69) is 4.98 Å². The quantitative estimate of drug-likeness (QED) is 0.605. The molecule has 0 aliphatic rings. The highest BCUT2D eigenvalue weighted by Crippen LogP contribution is 2.19. The molecule has 124 valence electrons. The van der Waals surface area contributed by atoms with E-state index < -0.39 is 0 Å². The predicted molar refractivity (Wildman–Crippen MR) is 93.2 cm³/mol. The fourth-order valence-corrected chi connectivity index (χ4v) is 2.18. The Balaban J connectivity index is 2.11. The van der Waals surface area contributed by atoms with Crippen LogP contribution < -0.4 is 4.90 Å². The highest BCUT2D eigenvalue weighted by molar-refractivity contribution is 5.91. The lowest BCUT2D eigenvalue weighted by Crippen LogP contribution is -2.27. The van der Waals surface area contributed by atoms with Crippen LogP contribution in [0.25, 0.3) is 6.08 Å². The summed E-state index contributed by atoms with van der Waals surface area (Å²) in [4.78, 5) is 29.0. The summed E-state index contributed by atoms with van der Waals surface area (Å²) in [6.45, 7) is 4.11. The molecule has 0 radical (unpaired) electrons. The highest BCUT2D eigenvalue weighted by atomic mass is 16.5. The van der Waals surface area contributed by atoms with Crippen molar-refractivity contribution in [1.82, 2.24) is 4.98 Å². The van der Waals surface area contributed by atoms with E-state index in [4.69, 9.17) is 4.74 Å². The molecule has 0 atom stereocenters. The van der Waals surface area contributed by atoms with Crippen molar-refractivity contribution < 1.29 is 14.3 Å². The van der Waals surface area contributed by atoms with E-state index in [9.17, 15) is 9.59 Å². The van der Waals surface area contributed by atoms with E-state index in [1.165, 1.54) is 13.0 Å². The van der Waals surface area contributed by atoms with Gasteiger partial charge in [-0.1, -0.05) is 18.2 Å². The Kier molecular flexibility index (Phi) is 6.25. The Hall–Kier alpha value is -2.95. The molecule has 2 rings (SSSR count). The first-order valence-electron chi connectivity index (χ1n) is 7.72. The Bertz CT molecular complexity index is 709. The second-order valence-electron chi connectivity index (χ2n) is 5.14. The lowest BCUT2D eigenvalue weighted by atomic mass is 10.1. The zero-order chi connectivity index (χ0) is 17.4. The third-order valence-corrected chi connectivity index (χ3v) is 3.35. The summed E-state index contributed by atoms with van der Waals surface area (Å²) in [6.07, 6.45) is 6.51. The fourth-order valence-electron chi connectivity index (χ4n) is 2.18. The molecule has 1 aromatic heterocycles. The topological polar surface area (TPSA) is 59.5 Å². The molecule has 0 bridgehead atoms. The zero-order valence-electron chi connectivity index (χ0n) is 13.8. The standard InChI is InChI=1S/C19H20N2O3/c1-3-24-19(23)11-8-16-6-9-18(10-7-16)21(15(2)22)14-17-5-4-12-20-13-17/h4-13H,3,14H2,1-2H3/b11-8+. The van der Waals surface area contributed by atoms with E-state index in [1.807, 2.05) is 36.4 Å². The zero-order valence-corrected chi connectivity index (χ0v) is 13.8. The fraction of sp³-hybridized carbons (Fsp3) is 0.211. The lowest BCUT2D eigenvalue weighted by molar-refractivity contribution is -0.137. The number of hydrogen-bond acceptors (Lipinski definition) is 4. The molecule has 0 aliphatic heterocycles. The van der Waals surface area contributed by atoms with E-state index in [-0.39, 0.29) is 11.9 Å². The van der Waals surface area contributed by atoms with Gasteiger partial charge in [-0.25, -0.2) is 4.79 Å². The molecule has 1 aromatic carbocycles. The van der Waals surface area contributed by atoms with Crippen molar-refractivity contribution in [3.05, 3.63) is 66.0 Å². The Morgan fingerprint density at radius 1 is 1.21 bits per heavy atom. The van der Waals surface area contributed by atoms with Gasteiger partial charge in [-0.2, -0.15) is 0 Å². The summed E-state index contributed by atoms with van der Waals surface area (Å²) < 4.78 is 4.84. The van der Waals surface area contributed by atoms with Crippen molar-refractivity contribution in [2.24, 2.45) is 0 Å². The number of aromatic nitrogens is 1. The molecule has 5 nitrogen and oxygen atoms in total. The Labute approximate surface area is 141 Å². The third-order valence-electron chi connectivity index (χ3n) is 3.35. The molecular formula is C19H20N2O3. The summed E-state index contributed by atoms with van der Waals surface area (Å²) in [5, 5.41) is 0. The van der Waals surface area contributed by atoms with Crippen LogP contribution in [-0.4, -0.2) is 23.5 Å². The van der Waals surface area contributed by atoms with Crippen LogP contribution in [0.3, 0.4) is 0 Å². The van der Waals surface area contributed by atoms with Crippen molar-refractivity contribution in [2.45, 2.75) is 20.4 Å². The number of nitrogens with zero attached hydrogens (tertiary/aromatic N) is 2. The van der Waals surface area contributed by atoms with Gasteiger partial charge < -0.3 is 9.64 Å². The third kappa shape index (κ3) is 5.05. The first kappa shape index (κ1) is 17.4. The van der Waals surface area contributed by atoms with Gasteiger partial charge in [0.2, 0.25) is 5.91 Å². The SMILES string of the molecule is CCOC(=O)/C=C/c1ccc(N(Cc2cccnc2)C(C)=O)cc1. The number of hydrogen-bond donors (Lipinski definition) is 0. The number of anilines is 1. The Morgan fingerprint density at radius 3 is 2.54 bits per heavy atom. The molecule has 2 aromatic rings. The van der Waals surface area contributed by atoms with Crippen molar-refractivity contribution in [2.75, 3.05) is 11.5 Å². The van der Waals surface area contributed by atoms with Crippen LogP contribution in [0.5, 0.6) is 0 Å². The van der Waals surface area contributed by atoms with Gasteiger partial charge in [-0.3, -0.25) is 9.78 Å². The predicted octanol–water partition coefficient (Wildman–Crippen LogP) is 3.21. The van der Waals surface area contributed by atoms with Gasteiger partial charge >= 0.3 is 5.97 Å². The molecular weight excluding hydrogens is 304 g/mol. The number of amides is 1. The minimum Gasteiger partial charge on any atom is -0.463 e. The molecule has 0 unspecified atom stereocenters. The average molecular weight is 324 g/mol. The van der Waals surface area contributed by atoms with Crippen molar-refractivity contribution in [1.29, 1.82) is 0 Å². The van der Waals surface area contributed by atoms with Gasteiger partial charge in [0.25, 0.3) is 0 Å². The van der Waals surface area contributed by atoms with Crippen LogP contribution >= 0.6 is 0 Å². The Morgan fingerprint density at radius 2 is 1.96 bits per heavy atom. The van der Waals surface area contributed by atoms with Gasteiger partial charge in [0.15, 0.2) is 0 Å². The molecule has 0 N–H and O–H groups in total. The minimum atomic E-state index is -0.372. The normalized spacial score (nSPS) is 10.6. The van der Waals surface area contributed by atoms with Crippen molar-refractivity contribution >= 4 is 23.6 Å². The van der Waals surface area contributed by atoms with Gasteiger partial charge in [0, 0.05) is 31.1 Å². The average Bonchev–Trinajstić information content (AvgIpc) is 2.59. The number of pyridine rings is 1. The molecule has 0 saturated carbocycles. The number of carbonyl (C=O) groups excluding carboxylic acids is 2. The number of benzene rings is 1. The monoisotopic (exact) mass is 324 g/mol. The number of ether oxygens (including phenoxy) is 1. The maximum absolute atomic E-state index is 12.0. The minimum absolute atomic E-state index is 0.0475. The van der Waals surface area contributed by atoms with E-state index >= 15 is 0 Å². The number of esters is 1. The molecule has 1 heterocycles. The van der Waals surface area contributed by atoms with Crippen LogP contribution in [0.2, 0.25) is 0 Å². The van der Waals surface area contributed by atoms with Crippen LogP contribution in [0.4, 0.5) is 5.69 Å². The molecule has 24 heavy (non-hydrogen) atoms. The van der Waals surface area contributed by atoms with E-state index in [0.29, 0.717) is 13.2 Å². The van der Waals surface area contributed by atoms with Crippen LogP contribution in [-0.2, 0) is 20.9 Å². The van der Waals surface area contributed by atoms with Crippen LogP contribution in [0.1, 0.15) is 25.0 Å². The van der Waals surface area contributed by atoms with E-state index in [0.717, 1.165) is 16.8 Å². The molecule has 1 amide bonds. The largest absolute Gasteiger partial charge is 0.463 e. The lowest BCUT2D eigenvalue weighted by Gasteiger charge is -2.21. The summed E-state index contributed by atoms with van der Waals surface area (Å²) in [7, 11) is 0. The second kappa shape index (κ2) is 8.62. The molecule has 5 heteroatoms. The van der Waals surface area contributed by atoms with Crippen molar-refractivity contribution in [3.63, 3.8) is 0 Å². The van der Waals surface area contributed by atoms with Crippen LogP contribution in [0, 0.1) is 0 Å². The van der Waals surface area contributed by atoms with Gasteiger partial charge in [0.05, 0.1) is 13.2 Å². The second-order valence-corrected chi connectivity index (χ2v) is 5.14. The maximum Gasteiger partial charge on any atom is 0.330 e. The smallest absolute Gasteiger partial charge is 0.330 e.